The number of benzene rings is 1. The van der Waals surface area contributed by atoms with Crippen molar-refractivity contribution in [1.82, 2.24) is 0 Å². The summed E-state index contributed by atoms with van der Waals surface area (Å²) >= 11 is 0. The lowest BCUT2D eigenvalue weighted by molar-refractivity contribution is -0.0833. The van der Waals surface area contributed by atoms with Crippen molar-refractivity contribution in [3.05, 3.63) is 35.9 Å². The van der Waals surface area contributed by atoms with E-state index in [2.05, 4.69) is 51.1 Å². The van der Waals surface area contributed by atoms with Crippen molar-refractivity contribution in [2.45, 2.75) is 64.6 Å². The fraction of sp³-hybridized carbons (Fsp3) is 0.647. The summed E-state index contributed by atoms with van der Waals surface area (Å²) in [5, 5.41) is 0. The Morgan fingerprint density at radius 3 is 2.28 bits per heavy atom. The maximum Gasteiger partial charge on any atom is 0.0650 e. The lowest BCUT2D eigenvalue weighted by Crippen LogP contribution is -2.33. The van der Waals surface area contributed by atoms with Crippen LogP contribution >= 0.6 is 0 Å². The quantitative estimate of drug-likeness (QED) is 0.754. The summed E-state index contributed by atoms with van der Waals surface area (Å²) in [4.78, 5) is 0. The summed E-state index contributed by atoms with van der Waals surface area (Å²) in [5.74, 6) is 0.754. The van der Waals surface area contributed by atoms with E-state index in [1.807, 2.05) is 0 Å². The largest absolute Gasteiger partial charge is 0.372 e. The van der Waals surface area contributed by atoms with E-state index in [1.165, 1.54) is 31.2 Å². The lowest BCUT2D eigenvalue weighted by Gasteiger charge is -2.31. The van der Waals surface area contributed by atoms with Crippen LogP contribution in [0.3, 0.4) is 0 Å². The van der Waals surface area contributed by atoms with Crippen LogP contribution in [0.2, 0.25) is 0 Å². The fourth-order valence-corrected chi connectivity index (χ4v) is 2.93. The highest BCUT2D eigenvalue weighted by molar-refractivity contribution is 5.15. The summed E-state index contributed by atoms with van der Waals surface area (Å²) < 4.78 is 6.33. The molecule has 0 bridgehead atoms. The lowest BCUT2D eigenvalue weighted by atomic mass is 9.94. The van der Waals surface area contributed by atoms with Gasteiger partial charge in [-0.15, -0.1) is 0 Å². The molecule has 0 spiro atoms. The molecule has 0 N–H and O–H groups in total. The monoisotopic (exact) mass is 246 g/mol. The predicted octanol–water partition coefficient (Wildman–Crippen LogP) is 4.60. The number of rotatable bonds is 4. The third-order valence-corrected chi connectivity index (χ3v) is 3.71. The van der Waals surface area contributed by atoms with E-state index < -0.39 is 0 Å². The van der Waals surface area contributed by atoms with E-state index in [0.29, 0.717) is 6.10 Å². The van der Waals surface area contributed by atoms with Crippen molar-refractivity contribution in [2.24, 2.45) is 5.92 Å². The fourth-order valence-electron chi connectivity index (χ4n) is 2.93. The van der Waals surface area contributed by atoms with Crippen LogP contribution in [-0.4, -0.2) is 11.7 Å². The molecule has 1 aliphatic rings. The van der Waals surface area contributed by atoms with E-state index >= 15 is 0 Å². The standard InChI is InChI=1S/C17H26O/c1-17(2,3)18-16(15-11-7-8-12-15)13-14-9-5-4-6-10-14/h4-6,9-10,15-16H,7-8,11-13H2,1-3H3/t16-/m0/s1. The smallest absolute Gasteiger partial charge is 0.0650 e. The Kier molecular flexibility index (Phi) is 4.45. The van der Waals surface area contributed by atoms with Crippen molar-refractivity contribution in [1.29, 1.82) is 0 Å². The summed E-state index contributed by atoms with van der Waals surface area (Å²) in [6.07, 6.45) is 6.88. The molecule has 2 rings (SSSR count). The van der Waals surface area contributed by atoms with Crippen LogP contribution in [0, 0.1) is 5.92 Å². The molecule has 18 heavy (non-hydrogen) atoms. The molecule has 1 atom stereocenters. The van der Waals surface area contributed by atoms with Gasteiger partial charge in [-0.3, -0.25) is 0 Å². The van der Waals surface area contributed by atoms with E-state index in [0.717, 1.165) is 12.3 Å². The second-order valence-electron chi connectivity index (χ2n) is 6.50. The molecule has 0 heterocycles. The van der Waals surface area contributed by atoms with E-state index in [1.54, 1.807) is 0 Å². The van der Waals surface area contributed by atoms with Crippen LogP contribution in [0.5, 0.6) is 0 Å². The molecule has 1 nitrogen and oxygen atoms in total. The van der Waals surface area contributed by atoms with E-state index in [9.17, 15) is 0 Å². The van der Waals surface area contributed by atoms with Gasteiger partial charge in [0, 0.05) is 0 Å². The first-order chi connectivity index (χ1) is 8.54. The van der Waals surface area contributed by atoms with E-state index in [-0.39, 0.29) is 5.60 Å². The van der Waals surface area contributed by atoms with E-state index in [4.69, 9.17) is 4.74 Å². The third kappa shape index (κ3) is 4.13. The molecule has 1 saturated carbocycles. The highest BCUT2D eigenvalue weighted by atomic mass is 16.5. The summed E-state index contributed by atoms with van der Waals surface area (Å²) in [6.45, 7) is 6.50. The zero-order valence-corrected chi connectivity index (χ0v) is 12.0. The Bertz CT molecular complexity index is 344. The minimum absolute atomic E-state index is 0.0396. The predicted molar refractivity (Wildman–Crippen MR) is 76.7 cm³/mol. The molecule has 0 unspecified atom stereocenters. The van der Waals surface area contributed by atoms with Gasteiger partial charge in [-0.1, -0.05) is 43.2 Å². The van der Waals surface area contributed by atoms with Crippen LogP contribution in [0.1, 0.15) is 52.0 Å². The van der Waals surface area contributed by atoms with Crippen LogP contribution in [0.25, 0.3) is 0 Å². The molecular formula is C17H26O. The maximum absolute atomic E-state index is 6.33. The first kappa shape index (κ1) is 13.6. The Labute approximate surface area is 112 Å². The molecular weight excluding hydrogens is 220 g/mol. The summed E-state index contributed by atoms with van der Waals surface area (Å²) in [5.41, 5.74) is 1.36. The first-order valence-electron chi connectivity index (χ1n) is 7.26. The zero-order valence-electron chi connectivity index (χ0n) is 12.0. The van der Waals surface area contributed by atoms with Gasteiger partial charge in [-0.25, -0.2) is 0 Å². The maximum atomic E-state index is 6.33. The molecule has 0 radical (unpaired) electrons. The Morgan fingerprint density at radius 2 is 1.72 bits per heavy atom. The average Bonchev–Trinajstić information content (AvgIpc) is 2.81. The van der Waals surface area contributed by atoms with Crippen molar-refractivity contribution in [2.75, 3.05) is 0 Å². The molecule has 0 aromatic heterocycles. The molecule has 0 amide bonds. The Morgan fingerprint density at radius 1 is 1.11 bits per heavy atom. The molecule has 100 valence electrons. The molecule has 0 saturated heterocycles. The van der Waals surface area contributed by atoms with Crippen LogP contribution in [0.4, 0.5) is 0 Å². The summed E-state index contributed by atoms with van der Waals surface area (Å²) in [7, 11) is 0. The first-order valence-corrected chi connectivity index (χ1v) is 7.26. The number of hydrogen-bond donors (Lipinski definition) is 0. The van der Waals surface area contributed by atoms with Gasteiger partial charge in [0.2, 0.25) is 0 Å². The zero-order chi connectivity index (χ0) is 13.0. The minimum atomic E-state index is -0.0396. The van der Waals surface area contributed by atoms with Gasteiger partial charge in [-0.05, 0) is 51.5 Å². The van der Waals surface area contributed by atoms with Gasteiger partial charge in [-0.2, -0.15) is 0 Å². The normalized spacial score (nSPS) is 19.1. The number of hydrogen-bond acceptors (Lipinski definition) is 1. The topological polar surface area (TPSA) is 9.23 Å². The molecule has 1 aromatic rings. The van der Waals surface area contributed by atoms with Crippen LogP contribution < -0.4 is 0 Å². The SMILES string of the molecule is CC(C)(C)O[C@@H](Cc1ccccc1)C1CCCC1. The van der Waals surface area contributed by atoms with Gasteiger partial charge < -0.3 is 4.74 Å². The van der Waals surface area contributed by atoms with Crippen LogP contribution in [-0.2, 0) is 11.2 Å². The van der Waals surface area contributed by atoms with Gasteiger partial charge >= 0.3 is 0 Å². The van der Waals surface area contributed by atoms with Crippen molar-refractivity contribution in [3.8, 4) is 0 Å². The number of ether oxygens (including phenoxy) is 1. The van der Waals surface area contributed by atoms with Gasteiger partial charge in [0.15, 0.2) is 0 Å². The molecule has 1 aliphatic carbocycles. The van der Waals surface area contributed by atoms with Crippen molar-refractivity contribution in [3.63, 3.8) is 0 Å². The minimum Gasteiger partial charge on any atom is -0.372 e. The Hall–Kier alpha value is -0.820. The van der Waals surface area contributed by atoms with Gasteiger partial charge in [0.05, 0.1) is 11.7 Å². The van der Waals surface area contributed by atoms with Gasteiger partial charge in [0.1, 0.15) is 0 Å². The second-order valence-corrected chi connectivity index (χ2v) is 6.50. The van der Waals surface area contributed by atoms with Crippen molar-refractivity contribution >= 4 is 0 Å². The Balaban J connectivity index is 2.04. The van der Waals surface area contributed by atoms with Crippen LogP contribution in [0.15, 0.2) is 30.3 Å². The second kappa shape index (κ2) is 5.88. The molecule has 1 aromatic carbocycles. The highest BCUT2D eigenvalue weighted by Crippen LogP contribution is 2.32. The molecule has 0 aliphatic heterocycles. The van der Waals surface area contributed by atoms with Gasteiger partial charge in [0.25, 0.3) is 0 Å². The average molecular weight is 246 g/mol. The summed E-state index contributed by atoms with van der Waals surface area (Å²) in [6, 6.07) is 10.8. The van der Waals surface area contributed by atoms with Crippen molar-refractivity contribution < 1.29 is 4.74 Å². The molecule has 1 fully saturated rings. The third-order valence-electron chi connectivity index (χ3n) is 3.71. The highest BCUT2D eigenvalue weighted by Gasteiger charge is 2.29. The molecule has 1 heteroatoms.